The van der Waals surface area contributed by atoms with Gasteiger partial charge in [0.1, 0.15) is 0 Å². The van der Waals surface area contributed by atoms with Crippen molar-refractivity contribution in [1.29, 1.82) is 0 Å². The van der Waals surface area contributed by atoms with Gasteiger partial charge in [-0.05, 0) is 12.8 Å². The van der Waals surface area contributed by atoms with Gasteiger partial charge in [-0.25, -0.2) is 21.6 Å². The molecule has 0 aromatic carbocycles. The van der Waals surface area contributed by atoms with Gasteiger partial charge in [-0.2, -0.15) is 0 Å². The number of halogens is 1. The zero-order chi connectivity index (χ0) is 12.4. The molecule has 16 heavy (non-hydrogen) atoms. The first-order valence-corrected chi connectivity index (χ1v) is 9.18. The topological polar surface area (TPSA) is 80.3 Å². The molecule has 0 amide bonds. The molecule has 0 aliphatic heterocycles. The van der Waals surface area contributed by atoms with Gasteiger partial charge in [0.25, 0.3) is 0 Å². The molecule has 0 bridgehead atoms. The molecule has 1 aliphatic carbocycles. The van der Waals surface area contributed by atoms with Crippen LogP contribution in [-0.2, 0) is 19.9 Å². The molecule has 8 heteroatoms. The van der Waals surface area contributed by atoms with E-state index in [1.54, 1.807) is 0 Å². The van der Waals surface area contributed by atoms with Gasteiger partial charge in [-0.1, -0.05) is 12.8 Å². The predicted molar refractivity (Wildman–Crippen MR) is 63.7 cm³/mol. The van der Waals surface area contributed by atoms with Crippen molar-refractivity contribution in [1.82, 2.24) is 4.72 Å². The number of hydrogen-bond acceptors (Lipinski definition) is 4. The average Bonchev–Trinajstić information content (AvgIpc) is 2.48. The van der Waals surface area contributed by atoms with E-state index in [2.05, 4.69) is 4.72 Å². The molecule has 0 aromatic rings. The van der Waals surface area contributed by atoms with Gasteiger partial charge < -0.3 is 0 Å². The summed E-state index contributed by atoms with van der Waals surface area (Å²) in [5, 5.41) is -0.876. The SMILES string of the molecule is CS(=O)(=O)CS(=O)(=O)NC1(CCl)CCCC1. The fourth-order valence-electron chi connectivity index (χ4n) is 1.96. The van der Waals surface area contributed by atoms with Gasteiger partial charge in [0.15, 0.2) is 14.9 Å². The molecule has 0 aromatic heterocycles. The first-order chi connectivity index (χ1) is 7.18. The van der Waals surface area contributed by atoms with E-state index in [1.807, 2.05) is 0 Å². The molecule has 1 N–H and O–H groups in total. The zero-order valence-corrected chi connectivity index (χ0v) is 11.5. The Bertz CT molecular complexity index is 437. The fourth-order valence-corrected chi connectivity index (χ4v) is 5.80. The summed E-state index contributed by atoms with van der Waals surface area (Å²) in [5.41, 5.74) is -0.648. The maximum absolute atomic E-state index is 11.6. The summed E-state index contributed by atoms with van der Waals surface area (Å²) in [4.78, 5) is 0. The highest BCUT2D eigenvalue weighted by Crippen LogP contribution is 2.31. The van der Waals surface area contributed by atoms with E-state index < -0.39 is 30.5 Å². The molecule has 0 saturated heterocycles. The summed E-state index contributed by atoms with van der Waals surface area (Å²) in [6.07, 6.45) is 4.05. The van der Waals surface area contributed by atoms with Gasteiger partial charge in [0.05, 0.1) is 0 Å². The molecule has 1 fully saturated rings. The monoisotopic (exact) mass is 289 g/mol. The lowest BCUT2D eigenvalue weighted by Crippen LogP contribution is -2.49. The minimum absolute atomic E-state index is 0.177. The van der Waals surface area contributed by atoms with Crippen LogP contribution in [0.25, 0.3) is 0 Å². The largest absolute Gasteiger partial charge is 0.228 e. The third-order valence-electron chi connectivity index (χ3n) is 2.56. The van der Waals surface area contributed by atoms with Crippen LogP contribution in [0.1, 0.15) is 25.7 Å². The zero-order valence-electron chi connectivity index (χ0n) is 9.07. The van der Waals surface area contributed by atoms with E-state index in [4.69, 9.17) is 11.6 Å². The molecule has 1 saturated carbocycles. The van der Waals surface area contributed by atoms with Crippen LogP contribution in [0.4, 0.5) is 0 Å². The second-order valence-electron chi connectivity index (χ2n) is 4.38. The molecular weight excluding hydrogens is 274 g/mol. The van der Waals surface area contributed by atoms with Crippen molar-refractivity contribution >= 4 is 31.5 Å². The Hall–Kier alpha value is 0.150. The average molecular weight is 290 g/mol. The van der Waals surface area contributed by atoms with E-state index in [1.165, 1.54) is 0 Å². The molecule has 0 heterocycles. The van der Waals surface area contributed by atoms with Gasteiger partial charge in [-0.15, -0.1) is 11.6 Å². The van der Waals surface area contributed by atoms with Crippen molar-refractivity contribution < 1.29 is 16.8 Å². The lowest BCUT2D eigenvalue weighted by molar-refractivity contribution is 0.434. The Morgan fingerprint density at radius 2 is 1.69 bits per heavy atom. The highest BCUT2D eigenvalue weighted by atomic mass is 35.5. The quantitative estimate of drug-likeness (QED) is 0.746. The van der Waals surface area contributed by atoms with Crippen molar-refractivity contribution in [2.75, 3.05) is 17.2 Å². The molecule has 1 aliphatic rings. The van der Waals surface area contributed by atoms with Crippen LogP contribution >= 0.6 is 11.6 Å². The normalized spacial score (nSPS) is 21.1. The van der Waals surface area contributed by atoms with E-state index in [0.717, 1.165) is 19.1 Å². The van der Waals surface area contributed by atoms with Crippen LogP contribution < -0.4 is 4.72 Å². The van der Waals surface area contributed by atoms with Crippen molar-refractivity contribution in [2.24, 2.45) is 0 Å². The Morgan fingerprint density at radius 3 is 2.06 bits per heavy atom. The first-order valence-electron chi connectivity index (χ1n) is 4.93. The van der Waals surface area contributed by atoms with Crippen molar-refractivity contribution in [2.45, 2.75) is 31.2 Å². The maximum Gasteiger partial charge on any atom is 0.226 e. The van der Waals surface area contributed by atoms with Gasteiger partial charge in [0.2, 0.25) is 10.0 Å². The Kier molecular flexibility index (Phi) is 4.26. The Morgan fingerprint density at radius 1 is 1.19 bits per heavy atom. The maximum atomic E-state index is 11.6. The molecule has 5 nitrogen and oxygen atoms in total. The van der Waals surface area contributed by atoms with Crippen LogP contribution in [0.5, 0.6) is 0 Å². The lowest BCUT2D eigenvalue weighted by atomic mass is 10.0. The van der Waals surface area contributed by atoms with Gasteiger partial charge in [0, 0.05) is 17.7 Å². The van der Waals surface area contributed by atoms with E-state index in [0.29, 0.717) is 12.8 Å². The van der Waals surface area contributed by atoms with Crippen LogP contribution in [0.2, 0.25) is 0 Å². The number of sulfonamides is 1. The van der Waals surface area contributed by atoms with Crippen molar-refractivity contribution in [3.8, 4) is 0 Å². The second-order valence-corrected chi connectivity index (χ2v) is 8.88. The molecule has 0 spiro atoms. The van der Waals surface area contributed by atoms with E-state index in [-0.39, 0.29) is 5.88 Å². The van der Waals surface area contributed by atoms with E-state index >= 15 is 0 Å². The van der Waals surface area contributed by atoms with Gasteiger partial charge >= 0.3 is 0 Å². The summed E-state index contributed by atoms with van der Waals surface area (Å²) >= 11 is 5.77. The first kappa shape index (κ1) is 14.2. The second kappa shape index (κ2) is 4.80. The summed E-state index contributed by atoms with van der Waals surface area (Å²) in [6, 6.07) is 0. The van der Waals surface area contributed by atoms with Crippen LogP contribution in [0.15, 0.2) is 0 Å². The third kappa shape index (κ3) is 4.20. The van der Waals surface area contributed by atoms with Crippen LogP contribution in [0, 0.1) is 0 Å². The number of alkyl halides is 1. The molecule has 0 radical (unpaired) electrons. The highest BCUT2D eigenvalue weighted by molar-refractivity contribution is 8.06. The van der Waals surface area contributed by atoms with E-state index in [9.17, 15) is 16.8 Å². The summed E-state index contributed by atoms with van der Waals surface area (Å²) < 4.78 is 47.6. The molecule has 1 rings (SSSR count). The minimum Gasteiger partial charge on any atom is -0.228 e. The van der Waals surface area contributed by atoms with Crippen LogP contribution in [-0.4, -0.2) is 39.6 Å². The standard InChI is InChI=1S/C8H16ClNO4S2/c1-15(11,12)7-16(13,14)10-8(6-9)4-2-3-5-8/h10H,2-7H2,1H3. The van der Waals surface area contributed by atoms with Crippen molar-refractivity contribution in [3.05, 3.63) is 0 Å². The van der Waals surface area contributed by atoms with Crippen molar-refractivity contribution in [3.63, 3.8) is 0 Å². The summed E-state index contributed by atoms with van der Waals surface area (Å²) in [6.45, 7) is 0. The summed E-state index contributed by atoms with van der Waals surface area (Å²) in [5.74, 6) is 0.177. The minimum atomic E-state index is -3.82. The third-order valence-corrected chi connectivity index (χ3v) is 6.77. The number of hydrogen-bond donors (Lipinski definition) is 1. The molecule has 0 atom stereocenters. The van der Waals surface area contributed by atoms with Crippen LogP contribution in [0.3, 0.4) is 0 Å². The number of rotatable bonds is 5. The van der Waals surface area contributed by atoms with Gasteiger partial charge in [-0.3, -0.25) is 0 Å². The molecule has 96 valence electrons. The Labute approximate surface area is 102 Å². The molecular formula is C8H16ClNO4S2. The Balaban J connectivity index is 2.79. The summed E-state index contributed by atoms with van der Waals surface area (Å²) in [7, 11) is -7.37. The predicted octanol–water partition coefficient (Wildman–Crippen LogP) is 0.459. The number of sulfone groups is 1. The highest BCUT2D eigenvalue weighted by Gasteiger charge is 2.37. The molecule has 0 unspecified atom stereocenters. The lowest BCUT2D eigenvalue weighted by Gasteiger charge is -2.27. The smallest absolute Gasteiger partial charge is 0.226 e. The number of nitrogens with one attached hydrogen (secondary N) is 1. The fraction of sp³-hybridized carbons (Fsp3) is 1.00.